The van der Waals surface area contributed by atoms with E-state index < -0.39 is 5.97 Å². The van der Waals surface area contributed by atoms with Crippen molar-refractivity contribution in [2.24, 2.45) is 0 Å². The Balaban J connectivity index is 3.20. The summed E-state index contributed by atoms with van der Waals surface area (Å²) in [6, 6.07) is 4.76. The van der Waals surface area contributed by atoms with Gasteiger partial charge in [0.25, 0.3) is 0 Å². The molecule has 0 fully saturated rings. The van der Waals surface area contributed by atoms with Crippen LogP contribution in [0, 0.1) is 0 Å². The summed E-state index contributed by atoms with van der Waals surface area (Å²) in [6.07, 6.45) is 1.82. The van der Waals surface area contributed by atoms with Crippen molar-refractivity contribution in [2.75, 3.05) is 12.0 Å². The van der Waals surface area contributed by atoms with Gasteiger partial charge in [-0.25, -0.2) is 4.79 Å². The number of benzene rings is 1. The van der Waals surface area contributed by atoms with Gasteiger partial charge in [-0.2, -0.15) is 0 Å². The Morgan fingerprint density at radius 2 is 2.25 bits per heavy atom. The van der Waals surface area contributed by atoms with Crippen LogP contribution in [0.1, 0.15) is 10.4 Å². The first-order valence-corrected chi connectivity index (χ1v) is 4.54. The van der Waals surface area contributed by atoms with Gasteiger partial charge in [-0.3, -0.25) is 0 Å². The summed E-state index contributed by atoms with van der Waals surface area (Å²) in [5, 5.41) is 8.73. The normalized spacial score (nSPS) is 9.75. The number of thioether (sulfide) groups is 1. The first-order valence-electron chi connectivity index (χ1n) is 3.32. The largest absolute Gasteiger partial charge is 0.478 e. The van der Waals surface area contributed by atoms with Crippen molar-refractivity contribution in [3.8, 4) is 0 Å². The van der Waals surface area contributed by atoms with Crippen molar-refractivity contribution in [1.29, 1.82) is 0 Å². The molecular formula is C8H9NO2S. The maximum atomic E-state index is 10.6. The molecule has 0 aromatic heterocycles. The zero-order chi connectivity index (χ0) is 9.14. The number of nitrogens with two attached hydrogens (primary N) is 1. The molecule has 0 atom stereocenters. The maximum Gasteiger partial charge on any atom is 0.336 e. The third-order valence-electron chi connectivity index (χ3n) is 1.46. The molecular weight excluding hydrogens is 174 g/mol. The first kappa shape index (κ1) is 8.93. The number of carbonyl (C=O) groups is 1. The molecule has 0 radical (unpaired) electrons. The Labute approximate surface area is 74.6 Å². The van der Waals surface area contributed by atoms with E-state index >= 15 is 0 Å². The number of nitrogen functional groups attached to an aromatic ring is 1. The molecule has 0 spiro atoms. The molecule has 0 bridgehead atoms. The fourth-order valence-electron chi connectivity index (χ4n) is 0.884. The Morgan fingerprint density at radius 3 is 2.75 bits per heavy atom. The van der Waals surface area contributed by atoms with E-state index in [4.69, 9.17) is 10.8 Å². The van der Waals surface area contributed by atoms with Crippen LogP contribution in [0.15, 0.2) is 23.1 Å². The predicted molar refractivity (Wildman–Crippen MR) is 49.6 cm³/mol. The smallest absolute Gasteiger partial charge is 0.336 e. The molecule has 0 saturated heterocycles. The number of rotatable bonds is 2. The molecule has 0 saturated carbocycles. The Hall–Kier alpha value is -1.16. The van der Waals surface area contributed by atoms with Crippen LogP contribution in [0.25, 0.3) is 0 Å². The molecule has 0 unspecified atom stereocenters. The summed E-state index contributed by atoms with van der Waals surface area (Å²) in [5.41, 5.74) is 6.39. The number of carboxylic acids is 1. The SMILES string of the molecule is CSc1cc(N)ccc1C(=O)O. The van der Waals surface area contributed by atoms with Gasteiger partial charge >= 0.3 is 5.97 Å². The van der Waals surface area contributed by atoms with E-state index in [9.17, 15) is 4.79 Å². The zero-order valence-corrected chi connectivity index (χ0v) is 7.39. The highest BCUT2D eigenvalue weighted by atomic mass is 32.2. The minimum Gasteiger partial charge on any atom is -0.478 e. The van der Waals surface area contributed by atoms with Gasteiger partial charge in [0.15, 0.2) is 0 Å². The van der Waals surface area contributed by atoms with Crippen LogP contribution < -0.4 is 5.73 Å². The van der Waals surface area contributed by atoms with Crippen molar-refractivity contribution in [1.82, 2.24) is 0 Å². The van der Waals surface area contributed by atoms with E-state index in [0.29, 0.717) is 16.1 Å². The van der Waals surface area contributed by atoms with Gasteiger partial charge in [-0.15, -0.1) is 11.8 Å². The Morgan fingerprint density at radius 1 is 1.58 bits per heavy atom. The summed E-state index contributed by atoms with van der Waals surface area (Å²) in [4.78, 5) is 11.3. The van der Waals surface area contributed by atoms with Gasteiger partial charge in [-0.05, 0) is 24.5 Å². The van der Waals surface area contributed by atoms with Crippen LogP contribution in [-0.4, -0.2) is 17.3 Å². The highest BCUT2D eigenvalue weighted by Crippen LogP contribution is 2.22. The van der Waals surface area contributed by atoms with Crippen LogP contribution in [0.2, 0.25) is 0 Å². The molecule has 3 nitrogen and oxygen atoms in total. The lowest BCUT2D eigenvalue weighted by molar-refractivity contribution is 0.0693. The van der Waals surface area contributed by atoms with E-state index in [0.717, 1.165) is 0 Å². The van der Waals surface area contributed by atoms with Crippen LogP contribution in [-0.2, 0) is 0 Å². The molecule has 3 N–H and O–H groups in total. The second-order valence-electron chi connectivity index (χ2n) is 2.26. The third-order valence-corrected chi connectivity index (χ3v) is 2.23. The van der Waals surface area contributed by atoms with Crippen molar-refractivity contribution in [3.63, 3.8) is 0 Å². The summed E-state index contributed by atoms with van der Waals surface area (Å²) in [5.74, 6) is -0.917. The fraction of sp³-hybridized carbons (Fsp3) is 0.125. The molecule has 0 aliphatic heterocycles. The monoisotopic (exact) mass is 183 g/mol. The molecule has 64 valence electrons. The minimum atomic E-state index is -0.917. The van der Waals surface area contributed by atoms with Crippen molar-refractivity contribution < 1.29 is 9.90 Å². The van der Waals surface area contributed by atoms with Crippen molar-refractivity contribution in [3.05, 3.63) is 23.8 Å². The number of hydrogen-bond donors (Lipinski definition) is 2. The lowest BCUT2D eigenvalue weighted by atomic mass is 10.2. The lowest BCUT2D eigenvalue weighted by Gasteiger charge is -2.02. The first-order chi connectivity index (χ1) is 5.65. The lowest BCUT2D eigenvalue weighted by Crippen LogP contribution is -1.99. The van der Waals surface area contributed by atoms with Crippen LogP contribution in [0.5, 0.6) is 0 Å². The third kappa shape index (κ3) is 1.71. The van der Waals surface area contributed by atoms with Crippen LogP contribution >= 0.6 is 11.8 Å². The average molecular weight is 183 g/mol. The van der Waals surface area contributed by atoms with Gasteiger partial charge in [0, 0.05) is 10.6 Å². The summed E-state index contributed by atoms with van der Waals surface area (Å²) in [6.45, 7) is 0. The topological polar surface area (TPSA) is 63.3 Å². The second-order valence-corrected chi connectivity index (χ2v) is 3.11. The molecule has 1 aromatic carbocycles. The van der Waals surface area contributed by atoms with Crippen LogP contribution in [0.3, 0.4) is 0 Å². The summed E-state index contributed by atoms with van der Waals surface area (Å²) in [7, 11) is 0. The minimum absolute atomic E-state index is 0.303. The quantitative estimate of drug-likeness (QED) is 0.541. The highest BCUT2D eigenvalue weighted by Gasteiger charge is 2.08. The van der Waals surface area contributed by atoms with E-state index in [1.54, 1.807) is 12.1 Å². The zero-order valence-electron chi connectivity index (χ0n) is 6.57. The second kappa shape index (κ2) is 3.49. The van der Waals surface area contributed by atoms with Crippen LogP contribution in [0.4, 0.5) is 5.69 Å². The Bertz CT molecular complexity index is 312. The number of anilines is 1. The summed E-state index contributed by atoms with van der Waals surface area (Å²) < 4.78 is 0. The molecule has 0 aliphatic carbocycles. The van der Waals surface area contributed by atoms with Crippen molar-refractivity contribution >= 4 is 23.4 Å². The van der Waals surface area contributed by atoms with Gasteiger partial charge < -0.3 is 10.8 Å². The molecule has 4 heteroatoms. The standard InChI is InChI=1S/C8H9NO2S/c1-12-7-4-5(9)2-3-6(7)8(10)11/h2-4H,9H2,1H3,(H,10,11). The maximum absolute atomic E-state index is 10.6. The van der Waals surface area contributed by atoms with E-state index in [1.165, 1.54) is 17.8 Å². The van der Waals surface area contributed by atoms with E-state index in [2.05, 4.69) is 0 Å². The van der Waals surface area contributed by atoms with Crippen molar-refractivity contribution in [2.45, 2.75) is 4.90 Å². The number of carboxylic acid groups (broad SMARTS) is 1. The van der Waals surface area contributed by atoms with E-state index in [1.807, 2.05) is 6.26 Å². The van der Waals surface area contributed by atoms with Gasteiger partial charge in [0.1, 0.15) is 0 Å². The molecule has 0 amide bonds. The predicted octanol–water partition coefficient (Wildman–Crippen LogP) is 1.69. The van der Waals surface area contributed by atoms with Gasteiger partial charge in [0.2, 0.25) is 0 Å². The van der Waals surface area contributed by atoms with Gasteiger partial charge in [-0.1, -0.05) is 0 Å². The molecule has 12 heavy (non-hydrogen) atoms. The average Bonchev–Trinajstić information content (AvgIpc) is 2.03. The number of hydrogen-bond acceptors (Lipinski definition) is 3. The molecule has 0 aliphatic rings. The Kier molecular flexibility index (Phi) is 2.60. The van der Waals surface area contributed by atoms with Gasteiger partial charge in [0.05, 0.1) is 5.56 Å². The molecule has 1 aromatic rings. The molecule has 0 heterocycles. The number of aromatic carboxylic acids is 1. The highest BCUT2D eigenvalue weighted by molar-refractivity contribution is 7.98. The molecule has 1 rings (SSSR count). The summed E-state index contributed by atoms with van der Waals surface area (Å²) >= 11 is 1.38. The fourth-order valence-corrected chi connectivity index (χ4v) is 1.51. The van der Waals surface area contributed by atoms with E-state index in [-0.39, 0.29) is 0 Å².